The molecule has 0 unspecified atom stereocenters. The number of thiazole rings is 1. The highest BCUT2D eigenvalue weighted by Crippen LogP contribution is 2.34. The van der Waals surface area contributed by atoms with Crippen LogP contribution in [0.25, 0.3) is 0 Å². The van der Waals surface area contributed by atoms with E-state index in [1.807, 2.05) is 26.0 Å². The number of nitro groups is 1. The molecule has 2 heterocycles. The Morgan fingerprint density at radius 2 is 1.76 bits per heavy atom. The van der Waals surface area contributed by atoms with Crippen LogP contribution in [0.5, 0.6) is 0 Å². The van der Waals surface area contributed by atoms with Gasteiger partial charge in [-0.25, -0.2) is 15.0 Å². The highest BCUT2D eigenvalue weighted by molar-refractivity contribution is 9.10. The van der Waals surface area contributed by atoms with Crippen molar-refractivity contribution in [3.8, 4) is 0 Å². The van der Waals surface area contributed by atoms with Gasteiger partial charge in [-0.15, -0.1) is 11.3 Å². The van der Waals surface area contributed by atoms with Crippen LogP contribution < -0.4 is 10.6 Å². The molecule has 0 aliphatic carbocycles. The molecule has 0 fully saturated rings. The zero-order valence-corrected chi connectivity index (χ0v) is 15.7. The van der Waals surface area contributed by atoms with E-state index in [0.29, 0.717) is 10.8 Å². The second kappa shape index (κ2) is 7.11. The van der Waals surface area contributed by atoms with Gasteiger partial charge in [-0.2, -0.15) is 0 Å². The minimum atomic E-state index is -0.517. The maximum absolute atomic E-state index is 11.6. The van der Waals surface area contributed by atoms with E-state index in [1.54, 1.807) is 12.1 Å². The molecule has 8 nitrogen and oxygen atoms in total. The van der Waals surface area contributed by atoms with Gasteiger partial charge < -0.3 is 10.6 Å². The number of nitrogens with one attached hydrogen (secondary N) is 2. The predicted octanol–water partition coefficient (Wildman–Crippen LogP) is 4.71. The molecule has 3 rings (SSSR count). The van der Waals surface area contributed by atoms with Crippen molar-refractivity contribution in [3.63, 3.8) is 0 Å². The van der Waals surface area contributed by atoms with Gasteiger partial charge in [0.25, 0.3) is 0 Å². The summed E-state index contributed by atoms with van der Waals surface area (Å²) in [5.41, 5.74) is 1.31. The fourth-order valence-corrected chi connectivity index (χ4v) is 3.11. The Kier molecular flexibility index (Phi) is 4.91. The zero-order chi connectivity index (χ0) is 18.0. The van der Waals surface area contributed by atoms with Crippen LogP contribution in [0.4, 0.5) is 28.1 Å². The molecule has 0 radical (unpaired) electrons. The Bertz CT molecular complexity index is 909. The van der Waals surface area contributed by atoms with Crippen molar-refractivity contribution >= 4 is 55.4 Å². The van der Waals surface area contributed by atoms with E-state index < -0.39 is 4.92 Å². The molecular weight excluding hydrogens is 408 g/mol. The Balaban J connectivity index is 1.96. The number of benzene rings is 1. The predicted molar refractivity (Wildman–Crippen MR) is 101 cm³/mol. The topological polar surface area (TPSA) is 106 Å². The molecule has 0 spiro atoms. The lowest BCUT2D eigenvalue weighted by Gasteiger charge is -2.09. The minimum absolute atomic E-state index is 0.0911. The van der Waals surface area contributed by atoms with Crippen LogP contribution in [0.2, 0.25) is 0 Å². The van der Waals surface area contributed by atoms with E-state index in [-0.39, 0.29) is 17.3 Å². The smallest absolute Gasteiger partial charge is 0.334 e. The molecule has 0 saturated carbocycles. The third kappa shape index (κ3) is 3.91. The quantitative estimate of drug-likeness (QED) is 0.454. The van der Waals surface area contributed by atoms with Crippen LogP contribution in [0.3, 0.4) is 0 Å². The number of rotatable bonds is 5. The van der Waals surface area contributed by atoms with Gasteiger partial charge >= 0.3 is 5.69 Å². The number of anilines is 4. The van der Waals surface area contributed by atoms with Gasteiger partial charge in [0, 0.05) is 15.0 Å². The summed E-state index contributed by atoms with van der Waals surface area (Å²) in [4.78, 5) is 24.4. The molecule has 0 saturated heterocycles. The number of aryl methyl sites for hydroxylation is 2. The molecule has 25 heavy (non-hydrogen) atoms. The molecule has 128 valence electrons. The van der Waals surface area contributed by atoms with Crippen molar-refractivity contribution in [2.24, 2.45) is 0 Å². The van der Waals surface area contributed by atoms with E-state index >= 15 is 0 Å². The van der Waals surface area contributed by atoms with Crippen molar-refractivity contribution in [3.05, 3.63) is 55.8 Å². The highest BCUT2D eigenvalue weighted by atomic mass is 79.9. The first-order chi connectivity index (χ1) is 11.9. The first-order valence-electron chi connectivity index (χ1n) is 7.17. The molecular formula is C15H13BrN6O2S. The highest BCUT2D eigenvalue weighted by Gasteiger charge is 2.24. The summed E-state index contributed by atoms with van der Waals surface area (Å²) in [6.45, 7) is 3.82. The van der Waals surface area contributed by atoms with Crippen LogP contribution in [0.15, 0.2) is 35.1 Å². The summed E-state index contributed by atoms with van der Waals surface area (Å²) in [5, 5.41) is 18.0. The van der Waals surface area contributed by atoms with Gasteiger partial charge in [0.2, 0.25) is 11.6 Å². The number of aromatic nitrogens is 3. The maximum atomic E-state index is 11.6. The lowest BCUT2D eigenvalue weighted by Crippen LogP contribution is -2.05. The molecule has 0 aliphatic rings. The summed E-state index contributed by atoms with van der Waals surface area (Å²) < 4.78 is 0.909. The van der Waals surface area contributed by atoms with Gasteiger partial charge in [0.05, 0.1) is 10.6 Å². The second-order valence-corrected chi connectivity index (χ2v) is 7.21. The molecule has 10 heteroatoms. The SMILES string of the molecule is Cc1nc(Nc2ncnc(Nc3ccc(Br)cc3)c2[N+](=O)[O-])sc1C. The van der Waals surface area contributed by atoms with Crippen LogP contribution in [0, 0.1) is 24.0 Å². The molecule has 0 amide bonds. The largest absolute Gasteiger partial charge is 0.353 e. The average molecular weight is 421 g/mol. The Labute approximate surface area is 155 Å². The fraction of sp³-hybridized carbons (Fsp3) is 0.133. The van der Waals surface area contributed by atoms with Crippen LogP contribution in [-0.4, -0.2) is 19.9 Å². The van der Waals surface area contributed by atoms with Crippen LogP contribution in [-0.2, 0) is 0 Å². The van der Waals surface area contributed by atoms with E-state index in [9.17, 15) is 10.1 Å². The van der Waals surface area contributed by atoms with Gasteiger partial charge in [0.15, 0.2) is 5.13 Å². The molecule has 2 aromatic heterocycles. The van der Waals surface area contributed by atoms with Crippen molar-refractivity contribution in [2.75, 3.05) is 10.6 Å². The van der Waals surface area contributed by atoms with Crippen molar-refractivity contribution in [1.82, 2.24) is 15.0 Å². The van der Waals surface area contributed by atoms with Crippen LogP contribution in [0.1, 0.15) is 10.6 Å². The number of hydrogen-bond acceptors (Lipinski definition) is 8. The van der Waals surface area contributed by atoms with Gasteiger partial charge in [0.1, 0.15) is 6.33 Å². The molecule has 1 aromatic carbocycles. The summed E-state index contributed by atoms with van der Waals surface area (Å²) >= 11 is 4.76. The lowest BCUT2D eigenvalue weighted by atomic mass is 10.3. The van der Waals surface area contributed by atoms with E-state index in [1.165, 1.54) is 17.7 Å². The lowest BCUT2D eigenvalue weighted by molar-refractivity contribution is -0.383. The molecule has 0 aliphatic heterocycles. The zero-order valence-electron chi connectivity index (χ0n) is 13.3. The fourth-order valence-electron chi connectivity index (χ4n) is 2.03. The first-order valence-corrected chi connectivity index (χ1v) is 8.78. The summed E-state index contributed by atoms with van der Waals surface area (Å²) in [7, 11) is 0. The van der Waals surface area contributed by atoms with Crippen molar-refractivity contribution in [1.29, 1.82) is 0 Å². The van der Waals surface area contributed by atoms with Gasteiger partial charge in [-0.3, -0.25) is 10.1 Å². The summed E-state index contributed by atoms with van der Waals surface area (Å²) in [5.74, 6) is 0.197. The summed E-state index contributed by atoms with van der Waals surface area (Å²) in [6.07, 6.45) is 1.27. The number of halogens is 1. The molecule has 3 aromatic rings. The normalized spacial score (nSPS) is 10.5. The summed E-state index contributed by atoms with van der Waals surface area (Å²) in [6, 6.07) is 7.23. The third-order valence-electron chi connectivity index (χ3n) is 3.37. The monoisotopic (exact) mass is 420 g/mol. The van der Waals surface area contributed by atoms with Crippen LogP contribution >= 0.6 is 27.3 Å². The van der Waals surface area contributed by atoms with E-state index in [0.717, 1.165) is 15.0 Å². The second-order valence-electron chi connectivity index (χ2n) is 5.09. The standard InChI is InChI=1S/C15H13BrN6O2S/c1-8-9(2)25-15(19-8)21-14-12(22(23)24)13(17-7-18-14)20-11-5-3-10(16)4-6-11/h3-7H,1-2H3,(H2,17,18,19,20,21). The Morgan fingerprint density at radius 3 is 2.32 bits per heavy atom. The van der Waals surface area contributed by atoms with E-state index in [4.69, 9.17) is 0 Å². The average Bonchev–Trinajstić information content (AvgIpc) is 2.87. The maximum Gasteiger partial charge on any atom is 0.353 e. The van der Waals surface area contributed by atoms with E-state index in [2.05, 4.69) is 41.5 Å². The number of nitrogens with zero attached hydrogens (tertiary/aromatic N) is 4. The molecule has 2 N–H and O–H groups in total. The molecule has 0 atom stereocenters. The van der Waals surface area contributed by atoms with Gasteiger partial charge in [-0.1, -0.05) is 15.9 Å². The molecule has 0 bridgehead atoms. The van der Waals surface area contributed by atoms with Crippen molar-refractivity contribution in [2.45, 2.75) is 13.8 Å². The van der Waals surface area contributed by atoms with Gasteiger partial charge in [-0.05, 0) is 38.1 Å². The third-order valence-corrected chi connectivity index (χ3v) is 4.88. The Hall–Kier alpha value is -2.59. The first kappa shape index (κ1) is 17.2. The number of hydrogen-bond donors (Lipinski definition) is 2. The Morgan fingerprint density at radius 1 is 1.12 bits per heavy atom. The van der Waals surface area contributed by atoms with Crippen molar-refractivity contribution < 1.29 is 4.92 Å². The minimum Gasteiger partial charge on any atom is -0.334 e.